The summed E-state index contributed by atoms with van der Waals surface area (Å²) in [5.41, 5.74) is 1.24. The number of aromatic nitrogens is 2. The summed E-state index contributed by atoms with van der Waals surface area (Å²) in [6.45, 7) is 2.62. The number of pyridine rings is 1. The first-order valence-corrected chi connectivity index (χ1v) is 10.2. The summed E-state index contributed by atoms with van der Waals surface area (Å²) < 4.78 is 19.7. The van der Waals surface area contributed by atoms with Crippen LogP contribution in [0.3, 0.4) is 0 Å². The van der Waals surface area contributed by atoms with E-state index in [-0.39, 0.29) is 23.7 Å². The summed E-state index contributed by atoms with van der Waals surface area (Å²) in [7, 11) is 3.62. The molecule has 4 rings (SSSR count). The molecule has 0 aliphatic carbocycles. The maximum absolute atomic E-state index is 13.1. The molecule has 2 N–H and O–H groups in total. The minimum Gasteiger partial charge on any atom is -0.501 e. The van der Waals surface area contributed by atoms with Crippen molar-refractivity contribution in [2.24, 2.45) is 0 Å². The number of carbonyl (C=O) groups excluding carboxylic acids is 1. The summed E-state index contributed by atoms with van der Waals surface area (Å²) in [6, 6.07) is 7.54. The number of benzene rings is 1. The van der Waals surface area contributed by atoms with Gasteiger partial charge in [0.05, 0.1) is 24.6 Å². The van der Waals surface area contributed by atoms with E-state index in [4.69, 9.17) is 4.74 Å². The van der Waals surface area contributed by atoms with Crippen LogP contribution in [0.25, 0.3) is 5.65 Å². The Labute approximate surface area is 183 Å². The minimum absolute atomic E-state index is 0.0934. The van der Waals surface area contributed by atoms with E-state index in [1.165, 1.54) is 28.7 Å². The molecule has 1 aliphatic heterocycles. The summed E-state index contributed by atoms with van der Waals surface area (Å²) in [5.74, 6) is -1.81. The van der Waals surface area contributed by atoms with Crippen molar-refractivity contribution in [2.45, 2.75) is 6.54 Å². The first kappa shape index (κ1) is 21.6. The second-order valence-corrected chi connectivity index (χ2v) is 7.69. The molecule has 0 bridgehead atoms. The predicted octanol–water partition coefficient (Wildman–Crippen LogP) is 1.37. The molecule has 3 aromatic rings. The number of nitrogens with one attached hydrogen (secondary N) is 1. The van der Waals surface area contributed by atoms with Gasteiger partial charge in [0.2, 0.25) is 5.75 Å². The predicted molar refractivity (Wildman–Crippen MR) is 118 cm³/mol. The Hall–Kier alpha value is -3.66. The molecule has 168 valence electrons. The fraction of sp³-hybridized carbons (Fsp3) is 0.318. The van der Waals surface area contributed by atoms with Gasteiger partial charge in [0.1, 0.15) is 5.82 Å². The van der Waals surface area contributed by atoms with Gasteiger partial charge in [0.15, 0.2) is 11.3 Å². The molecule has 2 aromatic heterocycles. The van der Waals surface area contributed by atoms with Gasteiger partial charge in [0.25, 0.3) is 5.91 Å². The molecule has 0 atom stereocenters. The van der Waals surface area contributed by atoms with E-state index in [9.17, 15) is 19.1 Å². The minimum atomic E-state index is -0.736. The van der Waals surface area contributed by atoms with E-state index < -0.39 is 17.2 Å². The van der Waals surface area contributed by atoms with Crippen molar-refractivity contribution < 1.29 is 19.0 Å². The second-order valence-electron chi connectivity index (χ2n) is 7.69. The normalized spacial score (nSPS) is 13.9. The molecule has 1 saturated heterocycles. The van der Waals surface area contributed by atoms with Crippen LogP contribution in [0.5, 0.6) is 5.75 Å². The van der Waals surface area contributed by atoms with Crippen molar-refractivity contribution in [3.05, 3.63) is 64.0 Å². The maximum atomic E-state index is 13.1. The Bertz CT molecular complexity index is 1200. The highest BCUT2D eigenvalue weighted by Gasteiger charge is 2.22. The number of ether oxygens (including phenoxy) is 1. The third-order valence-electron chi connectivity index (χ3n) is 5.31. The topological polar surface area (TPSA) is 99.4 Å². The molecule has 1 aliphatic rings. The molecule has 1 amide bonds. The molecule has 0 saturated carbocycles. The van der Waals surface area contributed by atoms with Crippen molar-refractivity contribution >= 4 is 22.9 Å². The lowest BCUT2D eigenvalue weighted by Crippen LogP contribution is -2.37. The smallest absolute Gasteiger partial charge is 0.301 e. The van der Waals surface area contributed by atoms with Gasteiger partial charge in [-0.1, -0.05) is 12.1 Å². The average molecular weight is 441 g/mol. The highest BCUT2D eigenvalue weighted by Crippen LogP contribution is 2.27. The van der Waals surface area contributed by atoms with Crippen LogP contribution in [0.1, 0.15) is 16.1 Å². The second kappa shape index (κ2) is 8.83. The van der Waals surface area contributed by atoms with Gasteiger partial charge in [-0.2, -0.15) is 0 Å². The van der Waals surface area contributed by atoms with Gasteiger partial charge >= 0.3 is 5.56 Å². The molecule has 9 nitrogen and oxygen atoms in total. The van der Waals surface area contributed by atoms with E-state index >= 15 is 0 Å². The lowest BCUT2D eigenvalue weighted by Gasteiger charge is -2.30. The number of anilines is 2. The highest BCUT2D eigenvalue weighted by molar-refractivity contribution is 5.95. The third-order valence-corrected chi connectivity index (χ3v) is 5.31. The molecule has 10 heteroatoms. The van der Waals surface area contributed by atoms with Crippen LogP contribution in [0, 0.1) is 5.82 Å². The molecule has 1 aromatic carbocycles. The monoisotopic (exact) mass is 441 g/mol. The van der Waals surface area contributed by atoms with Crippen LogP contribution in [0.4, 0.5) is 15.8 Å². The van der Waals surface area contributed by atoms with E-state index in [1.807, 2.05) is 20.2 Å². The number of halogens is 1. The Kier molecular flexibility index (Phi) is 5.95. The number of aromatic hydroxyl groups is 1. The molecular weight excluding hydrogens is 417 g/mol. The SMILES string of the molecule is CN(C)c1cc(N2CCOCC2)cn2c(=O)c(O)c(C(=O)NCc3ccc(F)cc3)nc12. The number of fused-ring (bicyclic) bond motifs is 1. The zero-order chi connectivity index (χ0) is 22.8. The van der Waals surface area contributed by atoms with Crippen LogP contribution in [0.15, 0.2) is 41.3 Å². The number of carbonyl (C=O) groups is 1. The van der Waals surface area contributed by atoms with Crippen LogP contribution < -0.4 is 20.7 Å². The van der Waals surface area contributed by atoms with Crippen LogP contribution in [-0.2, 0) is 11.3 Å². The Morgan fingerprint density at radius 1 is 1.25 bits per heavy atom. The largest absolute Gasteiger partial charge is 0.501 e. The molecule has 1 fully saturated rings. The Balaban J connectivity index is 1.72. The number of hydrogen-bond donors (Lipinski definition) is 2. The first-order valence-electron chi connectivity index (χ1n) is 10.2. The van der Waals surface area contributed by atoms with Gasteiger partial charge in [-0.3, -0.25) is 14.0 Å². The van der Waals surface area contributed by atoms with Gasteiger partial charge < -0.3 is 25.0 Å². The lowest BCUT2D eigenvalue weighted by atomic mass is 10.2. The van der Waals surface area contributed by atoms with Gasteiger partial charge in [-0.25, -0.2) is 9.37 Å². The Morgan fingerprint density at radius 3 is 2.59 bits per heavy atom. The molecular formula is C22H24FN5O4. The molecule has 3 heterocycles. The van der Waals surface area contributed by atoms with Crippen molar-refractivity contribution in [3.63, 3.8) is 0 Å². The molecule has 0 unspecified atom stereocenters. The average Bonchev–Trinajstić information content (AvgIpc) is 2.80. The fourth-order valence-corrected chi connectivity index (χ4v) is 3.55. The third kappa shape index (κ3) is 4.22. The number of nitrogens with zero attached hydrogens (tertiary/aromatic N) is 4. The van der Waals surface area contributed by atoms with Crippen molar-refractivity contribution in [1.82, 2.24) is 14.7 Å². The quantitative estimate of drug-likeness (QED) is 0.617. The van der Waals surface area contributed by atoms with Crippen LogP contribution in [0.2, 0.25) is 0 Å². The molecule has 0 spiro atoms. The van der Waals surface area contributed by atoms with E-state index in [2.05, 4.69) is 15.2 Å². The number of rotatable bonds is 5. The van der Waals surface area contributed by atoms with Gasteiger partial charge in [-0.05, 0) is 23.8 Å². The number of hydrogen-bond acceptors (Lipinski definition) is 7. The Morgan fingerprint density at radius 2 is 1.94 bits per heavy atom. The summed E-state index contributed by atoms with van der Waals surface area (Å²) in [5, 5.41) is 13.1. The number of morpholine rings is 1. The molecule has 32 heavy (non-hydrogen) atoms. The summed E-state index contributed by atoms with van der Waals surface area (Å²) in [4.78, 5) is 33.9. The van der Waals surface area contributed by atoms with Gasteiger partial charge in [-0.15, -0.1) is 0 Å². The first-order chi connectivity index (χ1) is 15.3. The van der Waals surface area contributed by atoms with Crippen LogP contribution in [-0.4, -0.2) is 60.8 Å². The molecule has 0 radical (unpaired) electrons. The van der Waals surface area contributed by atoms with Crippen molar-refractivity contribution in [2.75, 3.05) is 50.2 Å². The standard InChI is InChI=1S/C22H24FN5O4/c1-26(2)17-11-16(27-7-9-32-10-8-27)13-28-20(17)25-18(19(29)22(28)31)21(30)24-12-14-3-5-15(23)6-4-14/h3-6,11,13,29H,7-10,12H2,1-2H3,(H,24,30). The highest BCUT2D eigenvalue weighted by atomic mass is 19.1. The maximum Gasteiger partial charge on any atom is 0.301 e. The van der Waals surface area contributed by atoms with Gasteiger partial charge in [0, 0.05) is 39.9 Å². The van der Waals surface area contributed by atoms with E-state index in [0.29, 0.717) is 37.6 Å². The van der Waals surface area contributed by atoms with E-state index in [0.717, 1.165) is 5.69 Å². The zero-order valence-corrected chi connectivity index (χ0v) is 17.8. The number of amides is 1. The fourth-order valence-electron chi connectivity index (χ4n) is 3.55. The van der Waals surface area contributed by atoms with Crippen molar-refractivity contribution in [1.29, 1.82) is 0 Å². The van der Waals surface area contributed by atoms with E-state index in [1.54, 1.807) is 11.1 Å². The van der Waals surface area contributed by atoms with Crippen molar-refractivity contribution in [3.8, 4) is 5.75 Å². The van der Waals surface area contributed by atoms with Crippen LogP contribution >= 0.6 is 0 Å². The lowest BCUT2D eigenvalue weighted by molar-refractivity contribution is 0.0942. The zero-order valence-electron chi connectivity index (χ0n) is 17.8. The summed E-state index contributed by atoms with van der Waals surface area (Å²) in [6.07, 6.45) is 1.61. The summed E-state index contributed by atoms with van der Waals surface area (Å²) >= 11 is 0.